The smallest absolute Gasteiger partial charge is 0.259 e. The maximum Gasteiger partial charge on any atom is 0.259 e. The standard InChI is InChI=1S/C15H12INO3/c16-11-5-1-2-6-12(11)17-15(18)10-4-3-7-13-14(10)20-9-8-19-13/h1-7H,8-9H2,(H,17,18). The monoisotopic (exact) mass is 381 g/mol. The number of ether oxygens (including phenoxy) is 2. The zero-order chi connectivity index (χ0) is 13.9. The molecule has 0 saturated carbocycles. The van der Waals surface area contributed by atoms with Crippen molar-refractivity contribution in [1.82, 2.24) is 0 Å². The second-order valence-corrected chi connectivity index (χ2v) is 5.43. The van der Waals surface area contributed by atoms with Gasteiger partial charge in [-0.3, -0.25) is 4.79 Å². The molecule has 1 heterocycles. The Hall–Kier alpha value is -1.76. The summed E-state index contributed by atoms with van der Waals surface area (Å²) in [6, 6.07) is 13.0. The van der Waals surface area contributed by atoms with Crippen LogP contribution in [0.25, 0.3) is 0 Å². The number of carbonyl (C=O) groups is 1. The Morgan fingerprint density at radius 3 is 2.70 bits per heavy atom. The summed E-state index contributed by atoms with van der Waals surface area (Å²) in [4.78, 5) is 12.4. The first-order chi connectivity index (χ1) is 9.75. The van der Waals surface area contributed by atoms with Crippen LogP contribution in [0.4, 0.5) is 5.69 Å². The van der Waals surface area contributed by atoms with Crippen LogP contribution in [-0.2, 0) is 0 Å². The Balaban J connectivity index is 1.90. The molecular weight excluding hydrogens is 369 g/mol. The Morgan fingerprint density at radius 1 is 1.05 bits per heavy atom. The van der Waals surface area contributed by atoms with Crippen molar-refractivity contribution < 1.29 is 14.3 Å². The van der Waals surface area contributed by atoms with Crippen LogP contribution in [0.5, 0.6) is 11.5 Å². The van der Waals surface area contributed by atoms with E-state index >= 15 is 0 Å². The predicted octanol–water partition coefficient (Wildman–Crippen LogP) is 3.31. The highest BCUT2D eigenvalue weighted by molar-refractivity contribution is 14.1. The zero-order valence-electron chi connectivity index (χ0n) is 10.6. The molecule has 0 spiro atoms. The fourth-order valence-electron chi connectivity index (χ4n) is 2.00. The molecule has 4 nitrogen and oxygen atoms in total. The van der Waals surface area contributed by atoms with Crippen LogP contribution in [0.2, 0.25) is 0 Å². The molecule has 0 saturated heterocycles. The molecule has 1 N–H and O–H groups in total. The summed E-state index contributed by atoms with van der Waals surface area (Å²) in [6.45, 7) is 0.967. The lowest BCUT2D eigenvalue weighted by Gasteiger charge is -2.20. The van der Waals surface area contributed by atoms with Crippen molar-refractivity contribution in [2.45, 2.75) is 0 Å². The zero-order valence-corrected chi connectivity index (χ0v) is 12.7. The number of halogens is 1. The summed E-state index contributed by atoms with van der Waals surface area (Å²) < 4.78 is 12.0. The molecule has 3 rings (SSSR count). The van der Waals surface area contributed by atoms with Crippen LogP contribution in [-0.4, -0.2) is 19.1 Å². The van der Waals surface area contributed by atoms with E-state index in [0.29, 0.717) is 30.3 Å². The first-order valence-corrected chi connectivity index (χ1v) is 7.28. The fourth-order valence-corrected chi connectivity index (χ4v) is 2.53. The van der Waals surface area contributed by atoms with Gasteiger partial charge in [-0.25, -0.2) is 0 Å². The van der Waals surface area contributed by atoms with E-state index in [0.717, 1.165) is 9.26 Å². The summed E-state index contributed by atoms with van der Waals surface area (Å²) in [5.74, 6) is 0.935. The van der Waals surface area contributed by atoms with Gasteiger partial charge in [0.2, 0.25) is 0 Å². The molecule has 5 heteroatoms. The quantitative estimate of drug-likeness (QED) is 0.813. The molecule has 0 bridgehead atoms. The van der Waals surface area contributed by atoms with Crippen molar-refractivity contribution in [3.05, 3.63) is 51.6 Å². The van der Waals surface area contributed by atoms with Gasteiger partial charge in [0.1, 0.15) is 13.2 Å². The largest absolute Gasteiger partial charge is 0.486 e. The van der Waals surface area contributed by atoms with E-state index in [2.05, 4.69) is 27.9 Å². The third-order valence-corrected chi connectivity index (χ3v) is 3.87. The van der Waals surface area contributed by atoms with Crippen LogP contribution < -0.4 is 14.8 Å². The minimum Gasteiger partial charge on any atom is -0.486 e. The minimum atomic E-state index is -0.198. The number of anilines is 1. The molecule has 0 aromatic heterocycles. The van der Waals surface area contributed by atoms with E-state index in [-0.39, 0.29) is 5.91 Å². The second kappa shape index (κ2) is 5.70. The van der Waals surface area contributed by atoms with Gasteiger partial charge in [0.15, 0.2) is 11.5 Å². The van der Waals surface area contributed by atoms with E-state index in [9.17, 15) is 4.79 Å². The number of fused-ring (bicyclic) bond motifs is 1. The van der Waals surface area contributed by atoms with Gasteiger partial charge < -0.3 is 14.8 Å². The number of hydrogen-bond donors (Lipinski definition) is 1. The number of carbonyl (C=O) groups excluding carboxylic acids is 1. The van der Waals surface area contributed by atoms with Gasteiger partial charge >= 0.3 is 0 Å². The van der Waals surface area contributed by atoms with Gasteiger partial charge in [-0.1, -0.05) is 18.2 Å². The summed E-state index contributed by atoms with van der Waals surface area (Å²) in [5, 5.41) is 2.89. The minimum absolute atomic E-state index is 0.198. The van der Waals surface area contributed by atoms with E-state index in [1.165, 1.54) is 0 Å². The molecule has 1 aliphatic heterocycles. The molecule has 1 amide bonds. The van der Waals surface area contributed by atoms with Crippen molar-refractivity contribution in [3.63, 3.8) is 0 Å². The molecule has 0 atom stereocenters. The van der Waals surface area contributed by atoms with Crippen molar-refractivity contribution in [2.24, 2.45) is 0 Å². The molecule has 0 aliphatic carbocycles. The highest BCUT2D eigenvalue weighted by atomic mass is 127. The highest BCUT2D eigenvalue weighted by Gasteiger charge is 2.20. The van der Waals surface area contributed by atoms with Crippen molar-refractivity contribution >= 4 is 34.2 Å². The summed E-state index contributed by atoms with van der Waals surface area (Å²) >= 11 is 2.19. The molecule has 0 radical (unpaired) electrons. The van der Waals surface area contributed by atoms with Crippen molar-refractivity contribution in [2.75, 3.05) is 18.5 Å². The molecular formula is C15H12INO3. The number of hydrogen-bond acceptors (Lipinski definition) is 3. The Labute approximate surface area is 130 Å². The maximum atomic E-state index is 12.4. The molecule has 2 aromatic carbocycles. The molecule has 0 fully saturated rings. The van der Waals surface area contributed by atoms with Crippen molar-refractivity contribution in [1.29, 1.82) is 0 Å². The van der Waals surface area contributed by atoms with E-state index in [4.69, 9.17) is 9.47 Å². The lowest BCUT2D eigenvalue weighted by Crippen LogP contribution is -2.20. The number of rotatable bonds is 2. The molecule has 0 unspecified atom stereocenters. The van der Waals surface area contributed by atoms with Crippen LogP contribution >= 0.6 is 22.6 Å². The van der Waals surface area contributed by atoms with E-state index in [1.807, 2.05) is 24.3 Å². The van der Waals surface area contributed by atoms with Crippen LogP contribution in [0.15, 0.2) is 42.5 Å². The lowest BCUT2D eigenvalue weighted by atomic mass is 10.1. The van der Waals surface area contributed by atoms with Gasteiger partial charge in [0.25, 0.3) is 5.91 Å². The number of benzene rings is 2. The highest BCUT2D eigenvalue weighted by Crippen LogP contribution is 2.34. The van der Waals surface area contributed by atoms with Gasteiger partial charge in [-0.2, -0.15) is 0 Å². The van der Waals surface area contributed by atoms with E-state index < -0.39 is 0 Å². The fraction of sp³-hybridized carbons (Fsp3) is 0.133. The van der Waals surface area contributed by atoms with Crippen LogP contribution in [0.1, 0.15) is 10.4 Å². The number of amides is 1. The predicted molar refractivity (Wildman–Crippen MR) is 84.5 cm³/mol. The second-order valence-electron chi connectivity index (χ2n) is 4.26. The van der Waals surface area contributed by atoms with Gasteiger partial charge in [0, 0.05) is 3.57 Å². The molecule has 102 valence electrons. The summed E-state index contributed by atoms with van der Waals surface area (Å²) in [7, 11) is 0. The topological polar surface area (TPSA) is 47.6 Å². The summed E-state index contributed by atoms with van der Waals surface area (Å²) in [6.07, 6.45) is 0. The third kappa shape index (κ3) is 2.58. The first-order valence-electron chi connectivity index (χ1n) is 6.20. The van der Waals surface area contributed by atoms with Gasteiger partial charge in [-0.15, -0.1) is 0 Å². The lowest BCUT2D eigenvalue weighted by molar-refractivity contribution is 0.101. The molecule has 20 heavy (non-hydrogen) atoms. The summed E-state index contributed by atoms with van der Waals surface area (Å²) in [5.41, 5.74) is 1.27. The number of nitrogens with one attached hydrogen (secondary N) is 1. The normalized spacial score (nSPS) is 12.8. The van der Waals surface area contributed by atoms with Gasteiger partial charge in [-0.05, 0) is 46.9 Å². The first kappa shape index (κ1) is 13.2. The van der Waals surface area contributed by atoms with Crippen LogP contribution in [0, 0.1) is 3.57 Å². The van der Waals surface area contributed by atoms with Crippen molar-refractivity contribution in [3.8, 4) is 11.5 Å². The molecule has 2 aromatic rings. The average molecular weight is 381 g/mol. The number of para-hydroxylation sites is 2. The average Bonchev–Trinajstić information content (AvgIpc) is 2.49. The Morgan fingerprint density at radius 2 is 1.85 bits per heavy atom. The molecule has 1 aliphatic rings. The SMILES string of the molecule is O=C(Nc1ccccc1I)c1cccc2c1OCCO2. The maximum absolute atomic E-state index is 12.4. The van der Waals surface area contributed by atoms with Gasteiger partial charge in [0.05, 0.1) is 11.3 Å². The Bertz CT molecular complexity index is 657. The van der Waals surface area contributed by atoms with Crippen LogP contribution in [0.3, 0.4) is 0 Å². The third-order valence-electron chi connectivity index (χ3n) is 2.93. The Kier molecular flexibility index (Phi) is 3.77. The van der Waals surface area contributed by atoms with E-state index in [1.54, 1.807) is 18.2 Å².